The van der Waals surface area contributed by atoms with Crippen molar-refractivity contribution >= 4 is 32.3 Å². The Kier molecular flexibility index (Phi) is 2.05. The van der Waals surface area contributed by atoms with Crippen molar-refractivity contribution in [3.63, 3.8) is 0 Å². The summed E-state index contributed by atoms with van der Waals surface area (Å²) in [4.78, 5) is 9.78. The molecule has 0 saturated carbocycles. The van der Waals surface area contributed by atoms with E-state index < -0.39 is 0 Å². The molecule has 1 aromatic rings. The minimum Gasteiger partial charge on any atom is -0.258 e. The van der Waals surface area contributed by atoms with Gasteiger partial charge in [-0.15, -0.1) is 0 Å². The van der Waals surface area contributed by atoms with E-state index in [9.17, 15) is 10.1 Å². The molecule has 0 spiro atoms. The zero-order chi connectivity index (χ0) is 7.72. The first kappa shape index (κ1) is 7.68. The second-order valence-electron chi connectivity index (χ2n) is 1.80. The fraction of sp³-hybridized carbons (Fsp3) is 0.200. The first-order chi connectivity index (χ1) is 4.61. The average molecular weight is 222 g/mol. The molecular formula is C5H4BrNO2S. The molecule has 0 aromatic carbocycles. The molecule has 0 N–H and O–H groups in total. The lowest BCUT2D eigenvalue weighted by atomic mass is 10.4. The first-order valence-electron chi connectivity index (χ1n) is 2.51. The van der Waals surface area contributed by atoms with Crippen LogP contribution in [0.15, 0.2) is 9.85 Å². The molecule has 1 heterocycles. The molecule has 0 radical (unpaired) electrons. The molecule has 0 aliphatic heterocycles. The van der Waals surface area contributed by atoms with Crippen LogP contribution in [0.25, 0.3) is 0 Å². The maximum atomic E-state index is 10.2. The molecule has 0 amide bonds. The lowest BCUT2D eigenvalue weighted by Gasteiger charge is -1.77. The number of nitro groups is 1. The smallest absolute Gasteiger partial charge is 0.258 e. The van der Waals surface area contributed by atoms with E-state index in [0.29, 0.717) is 0 Å². The summed E-state index contributed by atoms with van der Waals surface area (Å²) in [5.41, 5.74) is 0.914. The topological polar surface area (TPSA) is 43.1 Å². The van der Waals surface area contributed by atoms with Crippen molar-refractivity contribution in [3.05, 3.63) is 25.5 Å². The average Bonchev–Trinajstić information content (AvgIpc) is 2.13. The van der Waals surface area contributed by atoms with E-state index in [0.717, 1.165) is 20.7 Å². The van der Waals surface area contributed by atoms with Crippen LogP contribution in [0.1, 0.15) is 5.56 Å². The van der Waals surface area contributed by atoms with Crippen molar-refractivity contribution in [2.24, 2.45) is 0 Å². The minimum absolute atomic E-state index is 0.185. The van der Waals surface area contributed by atoms with Crippen LogP contribution in [0.5, 0.6) is 0 Å². The van der Waals surface area contributed by atoms with E-state index in [-0.39, 0.29) is 9.92 Å². The van der Waals surface area contributed by atoms with Gasteiger partial charge in [-0.25, -0.2) is 0 Å². The second kappa shape index (κ2) is 2.67. The van der Waals surface area contributed by atoms with Crippen LogP contribution in [-0.2, 0) is 0 Å². The summed E-state index contributed by atoms with van der Waals surface area (Å²) in [5, 5.41) is 10.3. The highest BCUT2D eigenvalue weighted by Gasteiger charge is 2.11. The van der Waals surface area contributed by atoms with Gasteiger partial charge >= 0.3 is 5.00 Å². The maximum absolute atomic E-state index is 10.2. The SMILES string of the molecule is Cc1cc([N+](=O)[O-])sc1Br. The highest BCUT2D eigenvalue weighted by atomic mass is 79.9. The molecule has 0 aliphatic rings. The number of nitrogens with zero attached hydrogens (tertiary/aromatic N) is 1. The number of rotatable bonds is 1. The Hall–Kier alpha value is -0.420. The van der Waals surface area contributed by atoms with Crippen molar-refractivity contribution in [2.45, 2.75) is 6.92 Å². The zero-order valence-corrected chi connectivity index (χ0v) is 7.53. The van der Waals surface area contributed by atoms with Gasteiger partial charge in [0, 0.05) is 6.07 Å². The Morgan fingerprint density at radius 1 is 1.80 bits per heavy atom. The van der Waals surface area contributed by atoms with Crippen LogP contribution in [0.2, 0.25) is 0 Å². The monoisotopic (exact) mass is 221 g/mol. The lowest BCUT2D eigenvalue weighted by Crippen LogP contribution is -1.80. The molecule has 1 aromatic heterocycles. The predicted molar refractivity (Wildman–Crippen MR) is 43.4 cm³/mol. The summed E-state index contributed by atoms with van der Waals surface area (Å²) in [6.07, 6.45) is 0. The quantitative estimate of drug-likeness (QED) is 0.541. The fourth-order valence-electron chi connectivity index (χ4n) is 0.534. The first-order valence-corrected chi connectivity index (χ1v) is 4.12. The largest absolute Gasteiger partial charge is 0.325 e. The summed E-state index contributed by atoms with van der Waals surface area (Å²) in [6, 6.07) is 1.55. The molecule has 0 bridgehead atoms. The fourth-order valence-corrected chi connectivity index (χ4v) is 1.86. The zero-order valence-electron chi connectivity index (χ0n) is 5.13. The van der Waals surface area contributed by atoms with Crippen LogP contribution in [0.3, 0.4) is 0 Å². The number of hydrogen-bond donors (Lipinski definition) is 0. The van der Waals surface area contributed by atoms with Gasteiger partial charge in [-0.05, 0) is 28.4 Å². The Morgan fingerprint density at radius 2 is 2.40 bits per heavy atom. The van der Waals surface area contributed by atoms with Crippen molar-refractivity contribution in [2.75, 3.05) is 0 Å². The Balaban J connectivity index is 3.10. The Labute approximate surface area is 70.0 Å². The number of aryl methyl sites for hydroxylation is 1. The van der Waals surface area contributed by atoms with Crippen LogP contribution >= 0.6 is 27.3 Å². The van der Waals surface area contributed by atoms with E-state index in [4.69, 9.17) is 0 Å². The third-order valence-corrected chi connectivity index (χ3v) is 3.11. The van der Waals surface area contributed by atoms with Gasteiger partial charge in [0.2, 0.25) is 0 Å². The number of hydrogen-bond acceptors (Lipinski definition) is 3. The minimum atomic E-state index is -0.386. The molecule has 10 heavy (non-hydrogen) atoms. The van der Waals surface area contributed by atoms with Gasteiger partial charge in [-0.2, -0.15) is 0 Å². The van der Waals surface area contributed by atoms with Gasteiger partial charge in [0.15, 0.2) is 0 Å². The normalized spacial score (nSPS) is 9.80. The molecule has 0 aliphatic carbocycles. The second-order valence-corrected chi connectivity index (χ2v) is 4.15. The van der Waals surface area contributed by atoms with Gasteiger partial charge < -0.3 is 0 Å². The van der Waals surface area contributed by atoms with Crippen molar-refractivity contribution in [3.8, 4) is 0 Å². The predicted octanol–water partition coefficient (Wildman–Crippen LogP) is 2.73. The Morgan fingerprint density at radius 3 is 2.60 bits per heavy atom. The molecular weight excluding hydrogens is 218 g/mol. The van der Waals surface area contributed by atoms with Crippen LogP contribution in [0, 0.1) is 17.0 Å². The third-order valence-electron chi connectivity index (χ3n) is 1.02. The van der Waals surface area contributed by atoms with E-state index in [2.05, 4.69) is 15.9 Å². The van der Waals surface area contributed by atoms with Crippen molar-refractivity contribution < 1.29 is 4.92 Å². The number of thiophene rings is 1. The highest BCUT2D eigenvalue weighted by molar-refractivity contribution is 9.11. The third kappa shape index (κ3) is 1.35. The van der Waals surface area contributed by atoms with E-state index in [1.165, 1.54) is 0 Å². The summed E-state index contributed by atoms with van der Waals surface area (Å²) in [5.74, 6) is 0. The molecule has 1 rings (SSSR count). The molecule has 0 unspecified atom stereocenters. The van der Waals surface area contributed by atoms with E-state index in [1.54, 1.807) is 6.07 Å². The molecule has 5 heteroatoms. The van der Waals surface area contributed by atoms with Crippen LogP contribution < -0.4 is 0 Å². The standard InChI is InChI=1S/C5H4BrNO2S/c1-3-2-4(7(8)9)10-5(3)6/h2H,1H3. The van der Waals surface area contributed by atoms with Crippen LogP contribution in [0.4, 0.5) is 5.00 Å². The maximum Gasteiger partial charge on any atom is 0.325 e. The lowest BCUT2D eigenvalue weighted by molar-refractivity contribution is -0.380. The van der Waals surface area contributed by atoms with E-state index >= 15 is 0 Å². The molecule has 0 fully saturated rings. The summed E-state index contributed by atoms with van der Waals surface area (Å²) < 4.78 is 0.833. The summed E-state index contributed by atoms with van der Waals surface area (Å²) in [6.45, 7) is 1.83. The van der Waals surface area contributed by atoms with Crippen molar-refractivity contribution in [1.82, 2.24) is 0 Å². The molecule has 0 saturated heterocycles. The van der Waals surface area contributed by atoms with Crippen LogP contribution in [-0.4, -0.2) is 4.92 Å². The van der Waals surface area contributed by atoms with Crippen molar-refractivity contribution in [1.29, 1.82) is 0 Å². The molecule has 0 atom stereocenters. The summed E-state index contributed by atoms with van der Waals surface area (Å²) >= 11 is 4.34. The summed E-state index contributed by atoms with van der Waals surface area (Å²) in [7, 11) is 0. The van der Waals surface area contributed by atoms with E-state index in [1.807, 2.05) is 6.92 Å². The molecule has 3 nitrogen and oxygen atoms in total. The Bertz CT molecular complexity index is 251. The number of halogens is 1. The highest BCUT2D eigenvalue weighted by Crippen LogP contribution is 2.32. The van der Waals surface area contributed by atoms with Gasteiger partial charge in [-0.1, -0.05) is 11.3 Å². The van der Waals surface area contributed by atoms with Gasteiger partial charge in [0.1, 0.15) is 0 Å². The van der Waals surface area contributed by atoms with Gasteiger partial charge in [-0.3, -0.25) is 10.1 Å². The van der Waals surface area contributed by atoms with Gasteiger partial charge in [0.05, 0.1) is 8.71 Å². The molecule has 54 valence electrons. The van der Waals surface area contributed by atoms with Gasteiger partial charge in [0.25, 0.3) is 0 Å².